The van der Waals surface area contributed by atoms with Crippen molar-refractivity contribution < 1.29 is 19.1 Å². The van der Waals surface area contributed by atoms with Crippen LogP contribution in [0.25, 0.3) is 0 Å². The molecule has 0 bridgehead atoms. The normalized spacial score (nSPS) is 28.2. The number of ether oxygens (including phenoxy) is 1. The minimum atomic E-state index is -2.39. The molecule has 6 heteroatoms. The molecule has 1 aromatic rings. The molecule has 0 spiro atoms. The molecule has 0 unspecified atom stereocenters. The Bertz CT molecular complexity index is 1040. The van der Waals surface area contributed by atoms with Crippen molar-refractivity contribution >= 4 is 26.0 Å². The van der Waals surface area contributed by atoms with Crippen LogP contribution in [0.15, 0.2) is 60.0 Å². The number of thioether (sulfide) groups is 1. The van der Waals surface area contributed by atoms with Gasteiger partial charge < -0.3 is 14.3 Å². The molecule has 2 rings (SSSR count). The summed E-state index contributed by atoms with van der Waals surface area (Å²) in [5, 5.41) is 10.6. The second-order valence-corrected chi connectivity index (χ2v) is 16.1. The van der Waals surface area contributed by atoms with Crippen LogP contribution >= 0.6 is 11.8 Å². The van der Waals surface area contributed by atoms with Crippen LogP contribution in [0.2, 0.25) is 18.1 Å². The molecule has 0 saturated heterocycles. The van der Waals surface area contributed by atoms with E-state index in [0.717, 1.165) is 4.90 Å². The number of hydrogen-bond acceptors (Lipinski definition) is 5. The Balaban J connectivity index is 2.90. The topological polar surface area (TPSA) is 55.8 Å². The van der Waals surface area contributed by atoms with E-state index in [4.69, 9.17) is 9.16 Å². The third-order valence-corrected chi connectivity index (χ3v) is 12.8. The first-order valence-electron chi connectivity index (χ1n) is 11.3. The molecule has 0 fully saturated rings. The van der Waals surface area contributed by atoms with Gasteiger partial charge in [0, 0.05) is 4.90 Å². The van der Waals surface area contributed by atoms with E-state index >= 15 is 0 Å². The SMILES string of the molecule is C=C[C@]1(Sc2ccccc2)[C@@H](C(=O)OC)C[C@@H](O)C#C/C=C\C#C[C@@]1(C)O[Si](C)(C)C(C)(C)C. The van der Waals surface area contributed by atoms with Crippen molar-refractivity contribution in [1.29, 1.82) is 0 Å². The number of carbonyl (C=O) groups excluding carboxylic acids is 1. The second-order valence-electron chi connectivity index (χ2n) is 10.0. The summed E-state index contributed by atoms with van der Waals surface area (Å²) in [6.07, 6.45) is 4.00. The molecule has 182 valence electrons. The third-order valence-electron chi connectivity index (χ3n) is 6.62. The molecule has 34 heavy (non-hydrogen) atoms. The Labute approximate surface area is 210 Å². The quantitative estimate of drug-likeness (QED) is 0.240. The van der Waals surface area contributed by atoms with E-state index < -0.39 is 36.7 Å². The van der Waals surface area contributed by atoms with E-state index in [2.05, 4.69) is 64.1 Å². The zero-order valence-electron chi connectivity index (χ0n) is 21.3. The monoisotopic (exact) mass is 496 g/mol. The summed E-state index contributed by atoms with van der Waals surface area (Å²) in [7, 11) is -1.04. The van der Waals surface area contributed by atoms with E-state index in [1.807, 2.05) is 37.3 Å². The third kappa shape index (κ3) is 6.06. The Morgan fingerprint density at radius 2 is 1.85 bits per heavy atom. The first kappa shape index (κ1) is 28.0. The molecule has 0 aromatic heterocycles. The zero-order chi connectivity index (χ0) is 25.6. The fraction of sp³-hybridized carbons (Fsp3) is 0.464. The Morgan fingerprint density at radius 1 is 1.24 bits per heavy atom. The molecule has 1 aromatic carbocycles. The van der Waals surface area contributed by atoms with E-state index in [1.54, 1.807) is 18.2 Å². The Hall–Kier alpha value is -2.22. The fourth-order valence-corrected chi connectivity index (χ4v) is 6.72. The van der Waals surface area contributed by atoms with Crippen LogP contribution in [-0.2, 0) is 14.0 Å². The van der Waals surface area contributed by atoms with Gasteiger partial charge >= 0.3 is 5.97 Å². The largest absolute Gasteiger partial charge is 0.469 e. The summed E-state index contributed by atoms with van der Waals surface area (Å²) < 4.78 is 11.2. The zero-order valence-corrected chi connectivity index (χ0v) is 23.1. The fourth-order valence-electron chi connectivity index (χ4n) is 3.71. The molecule has 0 radical (unpaired) electrons. The van der Waals surface area contributed by atoms with Gasteiger partial charge in [0.25, 0.3) is 0 Å². The van der Waals surface area contributed by atoms with Gasteiger partial charge in [-0.3, -0.25) is 4.79 Å². The van der Waals surface area contributed by atoms with Crippen molar-refractivity contribution in [2.75, 3.05) is 7.11 Å². The maximum Gasteiger partial charge on any atom is 0.310 e. The van der Waals surface area contributed by atoms with Crippen molar-refractivity contribution in [2.45, 2.75) is 73.6 Å². The molecular weight excluding hydrogens is 460 g/mol. The van der Waals surface area contributed by atoms with Gasteiger partial charge in [-0.2, -0.15) is 0 Å². The summed E-state index contributed by atoms with van der Waals surface area (Å²) in [4.78, 5) is 14.3. The van der Waals surface area contributed by atoms with Crippen LogP contribution in [0.3, 0.4) is 0 Å². The molecule has 1 aliphatic carbocycles. The first-order valence-corrected chi connectivity index (χ1v) is 15.1. The van der Waals surface area contributed by atoms with Gasteiger partial charge in [0.15, 0.2) is 8.32 Å². The number of allylic oxidation sites excluding steroid dienone is 2. The molecule has 4 atom stereocenters. The number of aliphatic hydroxyl groups is 1. The van der Waals surface area contributed by atoms with Crippen molar-refractivity contribution in [3.8, 4) is 23.7 Å². The van der Waals surface area contributed by atoms with Gasteiger partial charge in [0.1, 0.15) is 11.7 Å². The molecule has 1 aliphatic rings. The minimum absolute atomic E-state index is 0.0531. The van der Waals surface area contributed by atoms with Gasteiger partial charge in [0.05, 0.1) is 17.8 Å². The average Bonchev–Trinajstić information content (AvgIpc) is 2.78. The summed E-state index contributed by atoms with van der Waals surface area (Å²) in [6, 6.07) is 9.78. The summed E-state index contributed by atoms with van der Waals surface area (Å²) in [5.41, 5.74) is -1.15. The van der Waals surface area contributed by atoms with Gasteiger partial charge in [-0.25, -0.2) is 0 Å². The van der Waals surface area contributed by atoms with Crippen molar-refractivity contribution in [3.63, 3.8) is 0 Å². The predicted molar refractivity (Wildman–Crippen MR) is 143 cm³/mol. The van der Waals surface area contributed by atoms with Crippen LogP contribution in [0, 0.1) is 29.6 Å². The number of carbonyl (C=O) groups is 1. The first-order chi connectivity index (χ1) is 15.8. The van der Waals surface area contributed by atoms with Crippen LogP contribution in [0.5, 0.6) is 0 Å². The van der Waals surface area contributed by atoms with E-state index in [-0.39, 0.29) is 11.5 Å². The Kier molecular flexibility index (Phi) is 9.08. The van der Waals surface area contributed by atoms with Gasteiger partial charge in [-0.05, 0) is 55.8 Å². The molecule has 4 nitrogen and oxygen atoms in total. The Morgan fingerprint density at radius 3 is 2.41 bits per heavy atom. The highest BCUT2D eigenvalue weighted by atomic mass is 32.2. The molecule has 0 heterocycles. The van der Waals surface area contributed by atoms with E-state index in [0.29, 0.717) is 0 Å². The lowest BCUT2D eigenvalue weighted by molar-refractivity contribution is -0.148. The molecule has 0 saturated carbocycles. The lowest BCUT2D eigenvalue weighted by Gasteiger charge is -2.52. The summed E-state index contributed by atoms with van der Waals surface area (Å²) in [6.45, 7) is 16.9. The number of hydrogen-bond donors (Lipinski definition) is 1. The summed E-state index contributed by atoms with van der Waals surface area (Å²) >= 11 is 1.46. The van der Waals surface area contributed by atoms with Crippen molar-refractivity contribution in [1.82, 2.24) is 0 Å². The van der Waals surface area contributed by atoms with Gasteiger partial charge in [0.2, 0.25) is 0 Å². The second kappa shape index (κ2) is 11.0. The predicted octanol–water partition coefficient (Wildman–Crippen LogP) is 5.60. The van der Waals surface area contributed by atoms with Gasteiger partial charge in [-0.1, -0.05) is 68.7 Å². The number of rotatable bonds is 6. The lowest BCUT2D eigenvalue weighted by Crippen LogP contribution is -2.61. The molecule has 0 aliphatic heterocycles. The van der Waals surface area contributed by atoms with Crippen molar-refractivity contribution in [2.24, 2.45) is 5.92 Å². The van der Waals surface area contributed by atoms with Crippen LogP contribution < -0.4 is 0 Å². The van der Waals surface area contributed by atoms with E-state index in [1.165, 1.54) is 18.9 Å². The average molecular weight is 497 g/mol. The highest BCUT2D eigenvalue weighted by Crippen LogP contribution is 2.53. The van der Waals surface area contributed by atoms with Crippen LogP contribution in [-0.4, -0.2) is 43.0 Å². The van der Waals surface area contributed by atoms with Crippen molar-refractivity contribution in [3.05, 3.63) is 55.1 Å². The number of aliphatic hydroxyl groups excluding tert-OH is 1. The standard InChI is InChI=1S/C28H36O4SSi/c1-9-28(33-23-18-14-12-15-19-23)24(25(30)31-6)21-22(29)17-13-10-11-16-20-27(28,5)32-34(7,8)26(2,3)4/h9-12,14-15,18-19,22,24,29H,1,21H2,2-8H3/b11-10-/t22-,24+,27+,28-/m0/s1. The number of methoxy groups -OCH3 is 1. The summed E-state index contributed by atoms with van der Waals surface area (Å²) in [5.74, 6) is 10.7. The van der Waals surface area contributed by atoms with Crippen LogP contribution in [0.1, 0.15) is 34.1 Å². The lowest BCUT2D eigenvalue weighted by atomic mass is 9.75. The maximum atomic E-state index is 13.3. The molecular formula is C28H36O4SSi. The smallest absolute Gasteiger partial charge is 0.310 e. The highest BCUT2D eigenvalue weighted by molar-refractivity contribution is 8.01. The number of esters is 1. The van der Waals surface area contributed by atoms with Crippen LogP contribution in [0.4, 0.5) is 0 Å². The number of benzene rings is 1. The van der Waals surface area contributed by atoms with E-state index in [9.17, 15) is 9.90 Å². The highest BCUT2D eigenvalue weighted by Gasteiger charge is 2.58. The molecule has 1 N–H and O–H groups in total. The maximum absolute atomic E-state index is 13.3. The van der Waals surface area contributed by atoms with Gasteiger partial charge in [-0.15, -0.1) is 18.3 Å². The minimum Gasteiger partial charge on any atom is -0.469 e. The molecule has 0 amide bonds.